The summed E-state index contributed by atoms with van der Waals surface area (Å²) in [5.74, 6) is 0.501. The summed E-state index contributed by atoms with van der Waals surface area (Å²) in [5.41, 5.74) is 12.7. The van der Waals surface area contributed by atoms with E-state index in [1.165, 1.54) is 4.68 Å². The van der Waals surface area contributed by atoms with Gasteiger partial charge in [0.25, 0.3) is 0 Å². The molecule has 0 spiro atoms. The van der Waals surface area contributed by atoms with Gasteiger partial charge in [-0.2, -0.15) is 5.10 Å². The standard InChI is InChI=1S/C10H12N6/c11-9(12)6-16-10(13)4-8(15-16)7-2-1-3-14-5-7/h1-5H,6,13H2,(H3,11,12). The fraction of sp³-hybridized carbons (Fsp3) is 0.100. The summed E-state index contributed by atoms with van der Waals surface area (Å²) in [6.07, 6.45) is 3.40. The number of anilines is 1. The summed E-state index contributed by atoms with van der Waals surface area (Å²) < 4.78 is 1.49. The Bertz CT molecular complexity index is 501. The highest BCUT2D eigenvalue weighted by molar-refractivity contribution is 5.77. The zero-order chi connectivity index (χ0) is 11.5. The first-order chi connectivity index (χ1) is 7.66. The second-order valence-corrected chi connectivity index (χ2v) is 3.38. The number of aromatic nitrogens is 3. The molecule has 2 rings (SSSR count). The Labute approximate surface area is 92.4 Å². The van der Waals surface area contributed by atoms with Crippen molar-refractivity contribution in [2.75, 3.05) is 5.73 Å². The van der Waals surface area contributed by atoms with E-state index < -0.39 is 0 Å². The van der Waals surface area contributed by atoms with E-state index >= 15 is 0 Å². The topological polar surface area (TPSA) is 107 Å². The second-order valence-electron chi connectivity index (χ2n) is 3.38. The Morgan fingerprint density at radius 1 is 1.50 bits per heavy atom. The van der Waals surface area contributed by atoms with Crippen LogP contribution in [0, 0.1) is 5.41 Å². The smallest absolute Gasteiger partial charge is 0.122 e. The first kappa shape index (κ1) is 10.2. The lowest BCUT2D eigenvalue weighted by molar-refractivity contribution is 0.731. The largest absolute Gasteiger partial charge is 0.386 e. The number of nitrogen functional groups attached to an aromatic ring is 1. The van der Waals surface area contributed by atoms with Crippen molar-refractivity contribution < 1.29 is 0 Å². The van der Waals surface area contributed by atoms with E-state index in [-0.39, 0.29) is 12.4 Å². The fourth-order valence-corrected chi connectivity index (χ4v) is 1.37. The van der Waals surface area contributed by atoms with Crippen molar-refractivity contribution in [3.63, 3.8) is 0 Å². The van der Waals surface area contributed by atoms with Gasteiger partial charge in [-0.15, -0.1) is 0 Å². The number of nitrogens with two attached hydrogens (primary N) is 2. The van der Waals surface area contributed by atoms with E-state index in [0.717, 1.165) is 11.3 Å². The zero-order valence-electron chi connectivity index (χ0n) is 8.59. The molecule has 0 aromatic carbocycles. The third-order valence-corrected chi connectivity index (χ3v) is 2.09. The van der Waals surface area contributed by atoms with Gasteiger partial charge < -0.3 is 11.5 Å². The maximum atomic E-state index is 7.19. The molecule has 0 unspecified atom stereocenters. The molecule has 0 aliphatic rings. The third kappa shape index (κ3) is 2.00. The number of nitrogens with one attached hydrogen (secondary N) is 1. The van der Waals surface area contributed by atoms with Gasteiger partial charge in [-0.25, -0.2) is 4.68 Å². The van der Waals surface area contributed by atoms with Crippen LogP contribution in [0.4, 0.5) is 5.82 Å². The molecule has 0 aliphatic carbocycles. The molecule has 2 aromatic rings. The van der Waals surface area contributed by atoms with E-state index in [9.17, 15) is 0 Å². The number of pyridine rings is 1. The molecule has 0 saturated carbocycles. The van der Waals surface area contributed by atoms with Gasteiger partial charge in [-0.3, -0.25) is 10.4 Å². The molecule has 82 valence electrons. The van der Waals surface area contributed by atoms with Crippen molar-refractivity contribution >= 4 is 11.7 Å². The summed E-state index contributed by atoms with van der Waals surface area (Å²) in [4.78, 5) is 4.00. The summed E-state index contributed by atoms with van der Waals surface area (Å²) in [6, 6.07) is 5.46. The van der Waals surface area contributed by atoms with Crippen LogP contribution in [0.3, 0.4) is 0 Å². The third-order valence-electron chi connectivity index (χ3n) is 2.09. The fourth-order valence-electron chi connectivity index (χ4n) is 1.37. The average Bonchev–Trinajstić information content (AvgIpc) is 2.61. The molecule has 5 N–H and O–H groups in total. The van der Waals surface area contributed by atoms with Gasteiger partial charge >= 0.3 is 0 Å². The van der Waals surface area contributed by atoms with Gasteiger partial charge in [0.15, 0.2) is 0 Å². The lowest BCUT2D eigenvalue weighted by Gasteiger charge is -2.00. The van der Waals surface area contributed by atoms with Crippen LogP contribution in [0.1, 0.15) is 0 Å². The van der Waals surface area contributed by atoms with E-state index in [2.05, 4.69) is 10.1 Å². The van der Waals surface area contributed by atoms with Gasteiger partial charge in [0.2, 0.25) is 0 Å². The predicted molar refractivity (Wildman–Crippen MR) is 61.8 cm³/mol. The average molecular weight is 216 g/mol. The van der Waals surface area contributed by atoms with Crippen LogP contribution < -0.4 is 11.5 Å². The van der Waals surface area contributed by atoms with Crippen molar-refractivity contribution in [2.24, 2.45) is 5.73 Å². The van der Waals surface area contributed by atoms with Crippen LogP contribution in [0.25, 0.3) is 11.3 Å². The Hall–Kier alpha value is -2.37. The molecule has 16 heavy (non-hydrogen) atoms. The van der Waals surface area contributed by atoms with Crippen LogP contribution in [-0.2, 0) is 6.54 Å². The molecule has 2 heterocycles. The van der Waals surface area contributed by atoms with Gasteiger partial charge in [0, 0.05) is 24.0 Å². The number of hydrogen-bond donors (Lipinski definition) is 3. The van der Waals surface area contributed by atoms with Crippen LogP contribution in [-0.4, -0.2) is 20.6 Å². The monoisotopic (exact) mass is 216 g/mol. The summed E-state index contributed by atoms with van der Waals surface area (Å²) in [6.45, 7) is 0.200. The van der Waals surface area contributed by atoms with E-state index in [0.29, 0.717) is 5.82 Å². The van der Waals surface area contributed by atoms with Crippen LogP contribution >= 0.6 is 0 Å². The second kappa shape index (κ2) is 4.01. The van der Waals surface area contributed by atoms with Crippen LogP contribution in [0.2, 0.25) is 0 Å². The number of nitrogens with zero attached hydrogens (tertiary/aromatic N) is 3. The van der Waals surface area contributed by atoms with Crippen LogP contribution in [0.15, 0.2) is 30.6 Å². The first-order valence-corrected chi connectivity index (χ1v) is 4.73. The number of hydrogen-bond acceptors (Lipinski definition) is 4. The minimum atomic E-state index is 0.0209. The molecule has 2 aromatic heterocycles. The summed E-state index contributed by atoms with van der Waals surface area (Å²) >= 11 is 0. The van der Waals surface area contributed by atoms with Crippen molar-refractivity contribution in [1.29, 1.82) is 5.41 Å². The molecule has 0 saturated heterocycles. The highest BCUT2D eigenvalue weighted by Gasteiger charge is 2.07. The van der Waals surface area contributed by atoms with Crippen molar-refractivity contribution in [3.8, 4) is 11.3 Å². The Balaban J connectivity index is 2.34. The quantitative estimate of drug-likeness (QED) is 0.511. The van der Waals surface area contributed by atoms with Crippen LogP contribution in [0.5, 0.6) is 0 Å². The maximum absolute atomic E-state index is 7.19. The molecule has 6 nitrogen and oxygen atoms in total. The highest BCUT2D eigenvalue weighted by Crippen LogP contribution is 2.18. The lowest BCUT2D eigenvalue weighted by Crippen LogP contribution is -2.19. The summed E-state index contributed by atoms with van der Waals surface area (Å²) in [7, 11) is 0. The molecular weight excluding hydrogens is 204 g/mol. The molecule has 0 radical (unpaired) electrons. The molecule has 0 amide bonds. The van der Waals surface area contributed by atoms with E-state index in [1.807, 2.05) is 12.1 Å². The van der Waals surface area contributed by atoms with Gasteiger partial charge in [0.1, 0.15) is 11.7 Å². The Morgan fingerprint density at radius 2 is 2.31 bits per heavy atom. The zero-order valence-corrected chi connectivity index (χ0v) is 8.59. The normalized spacial score (nSPS) is 10.2. The first-order valence-electron chi connectivity index (χ1n) is 4.73. The summed E-state index contributed by atoms with van der Waals surface area (Å²) in [5, 5.41) is 11.4. The minimum Gasteiger partial charge on any atom is -0.386 e. The number of amidine groups is 1. The number of rotatable bonds is 3. The predicted octanol–water partition coefficient (Wildman–Crippen LogP) is 0.463. The Morgan fingerprint density at radius 3 is 2.94 bits per heavy atom. The van der Waals surface area contributed by atoms with Crippen molar-refractivity contribution in [2.45, 2.75) is 6.54 Å². The van der Waals surface area contributed by atoms with Crippen molar-refractivity contribution in [3.05, 3.63) is 30.6 Å². The molecule has 0 atom stereocenters. The lowest BCUT2D eigenvalue weighted by atomic mass is 10.2. The molecule has 0 fully saturated rings. The molecule has 0 bridgehead atoms. The molecule has 0 aliphatic heterocycles. The van der Waals surface area contributed by atoms with Crippen molar-refractivity contribution in [1.82, 2.24) is 14.8 Å². The van der Waals surface area contributed by atoms with Gasteiger partial charge in [-0.05, 0) is 12.1 Å². The van der Waals surface area contributed by atoms with Gasteiger partial charge in [-0.1, -0.05) is 0 Å². The minimum absolute atomic E-state index is 0.0209. The Kier molecular flexibility index (Phi) is 2.55. The van der Waals surface area contributed by atoms with E-state index in [1.54, 1.807) is 18.5 Å². The maximum Gasteiger partial charge on any atom is 0.122 e. The van der Waals surface area contributed by atoms with E-state index in [4.69, 9.17) is 16.9 Å². The SMILES string of the molecule is N=C(N)Cn1nc(-c2cccnc2)cc1N. The van der Waals surface area contributed by atoms with Gasteiger partial charge in [0.05, 0.1) is 12.2 Å². The molecular formula is C10H12N6. The molecule has 6 heteroatoms. The highest BCUT2D eigenvalue weighted by atomic mass is 15.3.